The number of nitrogens with zero attached hydrogens (tertiary/aromatic N) is 4. The van der Waals surface area contributed by atoms with Crippen molar-refractivity contribution in [2.45, 2.75) is 31.1 Å². The largest absolute Gasteiger partial charge is 0.496 e. The second-order valence-electron chi connectivity index (χ2n) is 6.43. The van der Waals surface area contributed by atoms with Gasteiger partial charge in [-0.25, -0.2) is 0 Å². The number of methoxy groups -OCH3 is 1. The van der Waals surface area contributed by atoms with Crippen molar-refractivity contribution in [3.05, 3.63) is 36.2 Å². The van der Waals surface area contributed by atoms with Crippen LogP contribution in [0.25, 0.3) is 0 Å². The molecule has 1 aromatic heterocycles. The molecule has 7 nitrogen and oxygen atoms in total. The van der Waals surface area contributed by atoms with Gasteiger partial charge in [0, 0.05) is 18.2 Å². The second-order valence-corrected chi connectivity index (χ2v) is 7.37. The van der Waals surface area contributed by atoms with Gasteiger partial charge in [0.25, 0.3) is 0 Å². The van der Waals surface area contributed by atoms with Crippen molar-refractivity contribution in [2.24, 2.45) is 0 Å². The van der Waals surface area contributed by atoms with E-state index in [2.05, 4.69) is 34.3 Å². The van der Waals surface area contributed by atoms with Gasteiger partial charge in [-0.15, -0.1) is 10.2 Å². The molecule has 1 aromatic carbocycles. The first-order valence-electron chi connectivity index (χ1n) is 8.52. The maximum Gasteiger partial charge on any atom is 0.230 e. The number of hydrogen-bond donors (Lipinski definition) is 1. The fourth-order valence-corrected chi connectivity index (χ4v) is 3.47. The summed E-state index contributed by atoms with van der Waals surface area (Å²) in [5.74, 6) is 1.09. The van der Waals surface area contributed by atoms with E-state index in [1.807, 2.05) is 42.9 Å². The lowest BCUT2D eigenvalue weighted by Gasteiger charge is -2.26. The summed E-state index contributed by atoms with van der Waals surface area (Å²) in [6.07, 6.45) is 1.69. The highest BCUT2D eigenvalue weighted by Gasteiger charge is 2.19. The van der Waals surface area contributed by atoms with Crippen LogP contribution in [0.15, 0.2) is 35.7 Å². The molecule has 0 fully saturated rings. The summed E-state index contributed by atoms with van der Waals surface area (Å²) in [6, 6.07) is 8.16. The number of benzene rings is 1. The van der Waals surface area contributed by atoms with Crippen molar-refractivity contribution in [3.63, 3.8) is 0 Å². The first-order chi connectivity index (χ1) is 12.4. The van der Waals surface area contributed by atoms with E-state index in [9.17, 15) is 4.79 Å². The van der Waals surface area contributed by atoms with Gasteiger partial charge in [-0.1, -0.05) is 30.0 Å². The zero-order valence-electron chi connectivity index (χ0n) is 16.0. The predicted molar refractivity (Wildman–Crippen MR) is 104 cm³/mol. The first-order valence-corrected chi connectivity index (χ1v) is 9.51. The zero-order valence-corrected chi connectivity index (χ0v) is 16.8. The normalized spacial score (nSPS) is 12.4. The van der Waals surface area contributed by atoms with Gasteiger partial charge < -0.3 is 19.5 Å². The number of ether oxygens (including phenoxy) is 1. The van der Waals surface area contributed by atoms with E-state index in [1.54, 1.807) is 13.4 Å². The van der Waals surface area contributed by atoms with E-state index in [1.165, 1.54) is 11.8 Å². The maximum absolute atomic E-state index is 12.3. The van der Waals surface area contributed by atoms with Crippen molar-refractivity contribution in [1.82, 2.24) is 25.0 Å². The van der Waals surface area contributed by atoms with Crippen LogP contribution in [0.5, 0.6) is 5.75 Å². The molecule has 0 aliphatic rings. The summed E-state index contributed by atoms with van der Waals surface area (Å²) >= 11 is 1.39. The molecule has 1 heterocycles. The van der Waals surface area contributed by atoms with Gasteiger partial charge in [0.1, 0.15) is 12.1 Å². The predicted octanol–water partition coefficient (Wildman–Crippen LogP) is 2.38. The molecule has 1 atom stereocenters. The number of likely N-dealkylation sites (N-methyl/N-ethyl adjacent to an activating group) is 1. The van der Waals surface area contributed by atoms with Gasteiger partial charge in [-0.3, -0.25) is 4.79 Å². The van der Waals surface area contributed by atoms with Crippen LogP contribution in [0.3, 0.4) is 0 Å². The third-order valence-corrected chi connectivity index (χ3v) is 5.00. The Bertz CT molecular complexity index is 717. The SMILES string of the molecule is COc1ccccc1[C@H](CNC(=O)CSc1nncn1C(C)C)N(C)C. The summed E-state index contributed by atoms with van der Waals surface area (Å²) < 4.78 is 7.41. The molecule has 0 radical (unpaired) electrons. The highest BCUT2D eigenvalue weighted by molar-refractivity contribution is 7.99. The second kappa shape index (κ2) is 9.59. The van der Waals surface area contributed by atoms with Crippen LogP contribution in [-0.2, 0) is 4.79 Å². The van der Waals surface area contributed by atoms with E-state index in [-0.39, 0.29) is 18.0 Å². The minimum Gasteiger partial charge on any atom is -0.496 e. The zero-order chi connectivity index (χ0) is 19.1. The number of hydrogen-bond acceptors (Lipinski definition) is 6. The van der Waals surface area contributed by atoms with Crippen molar-refractivity contribution >= 4 is 17.7 Å². The van der Waals surface area contributed by atoms with Crippen LogP contribution in [0.2, 0.25) is 0 Å². The lowest BCUT2D eigenvalue weighted by atomic mass is 10.0. The molecule has 1 amide bonds. The Morgan fingerprint density at radius 3 is 2.73 bits per heavy atom. The van der Waals surface area contributed by atoms with Crippen LogP contribution in [0.1, 0.15) is 31.5 Å². The van der Waals surface area contributed by atoms with E-state index in [0.29, 0.717) is 12.3 Å². The molecule has 26 heavy (non-hydrogen) atoms. The Hall–Kier alpha value is -2.06. The Labute approximate surface area is 159 Å². The molecule has 0 aliphatic heterocycles. The smallest absolute Gasteiger partial charge is 0.230 e. The third-order valence-electron chi connectivity index (χ3n) is 4.04. The Morgan fingerprint density at radius 2 is 2.08 bits per heavy atom. The minimum atomic E-state index is -0.0324. The Morgan fingerprint density at radius 1 is 1.35 bits per heavy atom. The van der Waals surface area contributed by atoms with Crippen LogP contribution < -0.4 is 10.1 Å². The summed E-state index contributed by atoms with van der Waals surface area (Å²) in [7, 11) is 5.64. The van der Waals surface area contributed by atoms with Crippen LogP contribution in [-0.4, -0.2) is 59.1 Å². The van der Waals surface area contributed by atoms with Crippen LogP contribution in [0, 0.1) is 0 Å². The number of thioether (sulfide) groups is 1. The number of carbonyl (C=O) groups excluding carboxylic acids is 1. The Kier molecular flexibility index (Phi) is 7.47. The topological polar surface area (TPSA) is 72.3 Å². The van der Waals surface area contributed by atoms with Crippen LogP contribution in [0.4, 0.5) is 0 Å². The maximum atomic E-state index is 12.3. The van der Waals surface area contributed by atoms with Gasteiger partial charge in [0.2, 0.25) is 5.91 Å². The molecule has 1 N–H and O–H groups in total. The summed E-state index contributed by atoms with van der Waals surface area (Å²) in [4.78, 5) is 14.4. The molecule has 142 valence electrons. The van der Waals surface area contributed by atoms with Gasteiger partial charge in [-0.2, -0.15) is 0 Å². The number of para-hydroxylation sites is 1. The van der Waals surface area contributed by atoms with Crippen molar-refractivity contribution in [2.75, 3.05) is 33.5 Å². The molecule has 0 spiro atoms. The monoisotopic (exact) mass is 377 g/mol. The molecular formula is C18H27N5O2S. The summed E-state index contributed by atoms with van der Waals surface area (Å²) in [5.41, 5.74) is 1.05. The summed E-state index contributed by atoms with van der Waals surface area (Å²) in [6.45, 7) is 4.62. The van der Waals surface area contributed by atoms with E-state index in [0.717, 1.165) is 16.5 Å². The quantitative estimate of drug-likeness (QED) is 0.677. The van der Waals surface area contributed by atoms with Gasteiger partial charge in [0.05, 0.1) is 18.9 Å². The van der Waals surface area contributed by atoms with Gasteiger partial charge >= 0.3 is 0 Å². The van der Waals surface area contributed by atoms with Gasteiger partial charge in [0.15, 0.2) is 5.16 Å². The molecule has 0 aliphatic carbocycles. The third kappa shape index (κ3) is 5.22. The lowest BCUT2D eigenvalue weighted by molar-refractivity contribution is -0.118. The fraction of sp³-hybridized carbons (Fsp3) is 0.500. The molecule has 2 rings (SSSR count). The van der Waals surface area contributed by atoms with E-state index >= 15 is 0 Å². The van der Waals surface area contributed by atoms with Crippen molar-refractivity contribution in [3.8, 4) is 5.75 Å². The van der Waals surface area contributed by atoms with E-state index < -0.39 is 0 Å². The standard InChI is InChI=1S/C18H27N5O2S/c1-13(2)23-12-20-21-18(23)26-11-17(24)19-10-15(22(3)4)14-8-6-7-9-16(14)25-5/h6-9,12-13,15H,10-11H2,1-5H3,(H,19,24)/t15-/m0/s1. The number of amides is 1. The van der Waals surface area contributed by atoms with Gasteiger partial charge in [-0.05, 0) is 34.0 Å². The fourth-order valence-electron chi connectivity index (χ4n) is 2.59. The van der Waals surface area contributed by atoms with Crippen LogP contribution >= 0.6 is 11.8 Å². The van der Waals surface area contributed by atoms with E-state index in [4.69, 9.17) is 4.74 Å². The first kappa shape index (κ1) is 20.3. The molecule has 0 saturated carbocycles. The highest BCUT2D eigenvalue weighted by Crippen LogP contribution is 2.27. The number of carbonyl (C=O) groups is 1. The van der Waals surface area contributed by atoms with Crippen molar-refractivity contribution in [1.29, 1.82) is 0 Å². The molecule has 8 heteroatoms. The molecule has 0 bridgehead atoms. The number of nitrogens with one attached hydrogen (secondary N) is 1. The minimum absolute atomic E-state index is 0.0272. The molecule has 2 aromatic rings. The lowest BCUT2D eigenvalue weighted by Crippen LogP contribution is -2.35. The Balaban J connectivity index is 1.94. The number of aromatic nitrogens is 3. The highest BCUT2D eigenvalue weighted by atomic mass is 32.2. The average Bonchev–Trinajstić information content (AvgIpc) is 3.09. The number of rotatable bonds is 9. The molecular weight excluding hydrogens is 350 g/mol. The molecule has 0 saturated heterocycles. The molecule has 0 unspecified atom stereocenters. The van der Waals surface area contributed by atoms with Crippen molar-refractivity contribution < 1.29 is 9.53 Å². The summed E-state index contributed by atoms with van der Waals surface area (Å²) in [5, 5.41) is 11.8. The average molecular weight is 378 g/mol.